The molecule has 0 radical (unpaired) electrons. The summed E-state index contributed by atoms with van der Waals surface area (Å²) < 4.78 is 0. The topological polar surface area (TPSA) is 150 Å². The summed E-state index contributed by atoms with van der Waals surface area (Å²) in [4.78, 5) is 41.7. The van der Waals surface area contributed by atoms with Crippen molar-refractivity contribution in [2.24, 2.45) is 5.73 Å². The largest absolute Gasteiger partial charge is 0.480 e. The first-order valence-corrected chi connectivity index (χ1v) is 8.02. The molecule has 0 aliphatic heterocycles. The van der Waals surface area contributed by atoms with Crippen LogP contribution in [0.1, 0.15) is 11.3 Å². The summed E-state index contributed by atoms with van der Waals surface area (Å²) in [5.41, 5.74) is 7.31. The van der Waals surface area contributed by atoms with Crippen LogP contribution >= 0.6 is 0 Å². The van der Waals surface area contributed by atoms with Crippen molar-refractivity contribution in [1.82, 2.24) is 20.6 Å². The van der Waals surface area contributed by atoms with Crippen molar-refractivity contribution in [3.05, 3.63) is 54.1 Å². The number of imidazole rings is 1. The number of hydrogen-bond donors (Lipinski definition) is 5. The number of aliphatic carboxylic acids is 1. The Morgan fingerprint density at radius 1 is 1.19 bits per heavy atom. The summed E-state index contributed by atoms with van der Waals surface area (Å²) in [6.07, 6.45) is 3.30. The van der Waals surface area contributed by atoms with Gasteiger partial charge in [0.05, 0.1) is 18.9 Å². The van der Waals surface area contributed by atoms with E-state index in [9.17, 15) is 19.5 Å². The van der Waals surface area contributed by atoms with E-state index in [1.54, 1.807) is 0 Å². The van der Waals surface area contributed by atoms with Gasteiger partial charge < -0.3 is 26.5 Å². The molecule has 0 aliphatic rings. The minimum Gasteiger partial charge on any atom is -0.480 e. The highest BCUT2D eigenvalue weighted by Crippen LogP contribution is 2.02. The van der Waals surface area contributed by atoms with Gasteiger partial charge in [0.25, 0.3) is 0 Å². The van der Waals surface area contributed by atoms with Gasteiger partial charge in [-0.2, -0.15) is 0 Å². The van der Waals surface area contributed by atoms with E-state index in [1.807, 2.05) is 30.3 Å². The van der Waals surface area contributed by atoms with Gasteiger partial charge >= 0.3 is 5.97 Å². The minimum atomic E-state index is -1.18. The summed E-state index contributed by atoms with van der Waals surface area (Å²) in [7, 11) is 0. The smallest absolute Gasteiger partial charge is 0.326 e. The molecule has 2 rings (SSSR count). The Hall–Kier alpha value is -3.20. The second-order valence-electron chi connectivity index (χ2n) is 5.75. The highest BCUT2D eigenvalue weighted by molar-refractivity contribution is 5.89. The zero-order chi connectivity index (χ0) is 18.9. The first-order valence-electron chi connectivity index (χ1n) is 8.02. The van der Waals surface area contributed by atoms with Gasteiger partial charge in [0.2, 0.25) is 11.8 Å². The van der Waals surface area contributed by atoms with E-state index in [4.69, 9.17) is 5.73 Å². The molecule has 0 saturated carbocycles. The quantitative estimate of drug-likeness (QED) is 0.396. The molecule has 0 aliphatic carbocycles. The number of benzene rings is 1. The summed E-state index contributed by atoms with van der Waals surface area (Å²) in [6.45, 7) is -0.353. The summed E-state index contributed by atoms with van der Waals surface area (Å²) >= 11 is 0. The van der Waals surface area contributed by atoms with Crippen LogP contribution in [-0.4, -0.2) is 51.5 Å². The van der Waals surface area contributed by atoms with Crippen LogP contribution in [0.4, 0.5) is 0 Å². The van der Waals surface area contributed by atoms with Crippen molar-refractivity contribution >= 4 is 17.8 Å². The van der Waals surface area contributed by atoms with Crippen molar-refractivity contribution < 1.29 is 19.5 Å². The van der Waals surface area contributed by atoms with Gasteiger partial charge in [0.1, 0.15) is 6.04 Å². The number of amides is 2. The Kier molecular flexibility index (Phi) is 6.86. The lowest BCUT2D eigenvalue weighted by Gasteiger charge is -2.15. The molecule has 138 valence electrons. The van der Waals surface area contributed by atoms with E-state index >= 15 is 0 Å². The SMILES string of the molecule is NC(Cc1ccccc1)C(=O)NCC(=O)NC(Cc1cnc[nH]1)C(=O)O. The van der Waals surface area contributed by atoms with E-state index in [2.05, 4.69) is 20.6 Å². The van der Waals surface area contributed by atoms with Crippen LogP contribution in [0.15, 0.2) is 42.9 Å². The molecule has 26 heavy (non-hydrogen) atoms. The standard InChI is InChI=1S/C17H21N5O4/c18-13(6-11-4-2-1-3-5-11)16(24)20-9-15(23)22-14(17(25)26)7-12-8-19-10-21-12/h1-5,8,10,13-14H,6-7,9,18H2,(H,19,21)(H,20,24)(H,22,23)(H,25,26). The molecule has 2 aromatic rings. The Labute approximate surface area is 150 Å². The Morgan fingerprint density at radius 2 is 1.92 bits per heavy atom. The zero-order valence-corrected chi connectivity index (χ0v) is 14.0. The molecular formula is C17H21N5O4. The van der Waals surface area contributed by atoms with E-state index in [0.29, 0.717) is 12.1 Å². The molecule has 0 spiro atoms. The number of nitrogens with one attached hydrogen (secondary N) is 3. The fraction of sp³-hybridized carbons (Fsp3) is 0.294. The lowest BCUT2D eigenvalue weighted by Crippen LogP contribution is -2.49. The maximum atomic E-state index is 12.0. The number of rotatable bonds is 9. The Balaban J connectivity index is 1.79. The van der Waals surface area contributed by atoms with E-state index < -0.39 is 29.9 Å². The molecular weight excluding hydrogens is 338 g/mol. The highest BCUT2D eigenvalue weighted by atomic mass is 16.4. The molecule has 1 aromatic heterocycles. The number of carboxylic acid groups (broad SMARTS) is 1. The zero-order valence-electron chi connectivity index (χ0n) is 14.0. The van der Waals surface area contributed by atoms with Gasteiger partial charge in [-0.1, -0.05) is 30.3 Å². The van der Waals surface area contributed by atoms with Crippen LogP contribution in [0.25, 0.3) is 0 Å². The van der Waals surface area contributed by atoms with E-state index in [1.165, 1.54) is 12.5 Å². The third-order valence-corrected chi connectivity index (χ3v) is 3.67. The number of carbonyl (C=O) groups is 3. The van der Waals surface area contributed by atoms with Crippen LogP contribution < -0.4 is 16.4 Å². The van der Waals surface area contributed by atoms with Crippen LogP contribution in [0.5, 0.6) is 0 Å². The number of nitrogens with zero attached hydrogens (tertiary/aromatic N) is 1. The molecule has 1 heterocycles. The average molecular weight is 359 g/mol. The number of aromatic amines is 1. The molecule has 9 heteroatoms. The van der Waals surface area contributed by atoms with Crippen molar-refractivity contribution in [2.75, 3.05) is 6.54 Å². The van der Waals surface area contributed by atoms with Crippen LogP contribution in [0, 0.1) is 0 Å². The van der Waals surface area contributed by atoms with E-state index in [0.717, 1.165) is 5.56 Å². The monoisotopic (exact) mass is 359 g/mol. The first kappa shape index (κ1) is 19.1. The molecule has 0 fully saturated rings. The van der Waals surface area contributed by atoms with Crippen LogP contribution in [0.3, 0.4) is 0 Å². The number of hydrogen-bond acceptors (Lipinski definition) is 5. The number of carbonyl (C=O) groups excluding carboxylic acids is 2. The third kappa shape index (κ3) is 6.02. The van der Waals surface area contributed by atoms with Gasteiger partial charge in [0.15, 0.2) is 0 Å². The molecule has 6 N–H and O–H groups in total. The normalized spacial score (nSPS) is 12.8. The lowest BCUT2D eigenvalue weighted by atomic mass is 10.1. The third-order valence-electron chi connectivity index (χ3n) is 3.67. The Morgan fingerprint density at radius 3 is 2.54 bits per heavy atom. The van der Waals surface area contributed by atoms with Crippen LogP contribution in [-0.2, 0) is 27.2 Å². The minimum absolute atomic E-state index is 0.0581. The summed E-state index contributed by atoms with van der Waals surface area (Å²) in [5.74, 6) is -2.28. The predicted octanol–water partition coefficient (Wildman–Crippen LogP) is -0.792. The highest BCUT2D eigenvalue weighted by Gasteiger charge is 2.22. The molecule has 1 aromatic carbocycles. The molecule has 2 unspecified atom stereocenters. The average Bonchev–Trinajstić information content (AvgIpc) is 3.13. The maximum Gasteiger partial charge on any atom is 0.326 e. The van der Waals surface area contributed by atoms with Gasteiger partial charge in [-0.15, -0.1) is 0 Å². The maximum absolute atomic E-state index is 12.0. The number of aromatic nitrogens is 2. The first-order chi connectivity index (χ1) is 12.5. The van der Waals surface area contributed by atoms with Crippen molar-refractivity contribution in [2.45, 2.75) is 24.9 Å². The van der Waals surface area contributed by atoms with Gasteiger partial charge in [-0.3, -0.25) is 9.59 Å². The van der Waals surface area contributed by atoms with Gasteiger partial charge in [-0.25, -0.2) is 9.78 Å². The fourth-order valence-corrected chi connectivity index (χ4v) is 2.32. The molecule has 9 nitrogen and oxygen atoms in total. The summed E-state index contributed by atoms with van der Waals surface area (Å²) in [5, 5.41) is 14.0. The van der Waals surface area contributed by atoms with Gasteiger partial charge in [-0.05, 0) is 12.0 Å². The molecule has 2 atom stereocenters. The number of H-pyrrole nitrogens is 1. The van der Waals surface area contributed by atoms with Crippen LogP contribution in [0.2, 0.25) is 0 Å². The molecule has 0 bridgehead atoms. The van der Waals surface area contributed by atoms with Crippen molar-refractivity contribution in [1.29, 1.82) is 0 Å². The van der Waals surface area contributed by atoms with Crippen molar-refractivity contribution in [3.8, 4) is 0 Å². The summed E-state index contributed by atoms with van der Waals surface area (Å²) in [6, 6.07) is 7.34. The lowest BCUT2D eigenvalue weighted by molar-refractivity contribution is -0.141. The molecule has 0 saturated heterocycles. The second-order valence-corrected chi connectivity index (χ2v) is 5.75. The Bertz CT molecular complexity index is 733. The van der Waals surface area contributed by atoms with Crippen molar-refractivity contribution in [3.63, 3.8) is 0 Å². The fourth-order valence-electron chi connectivity index (χ4n) is 2.32. The molecule has 2 amide bonds. The van der Waals surface area contributed by atoms with Gasteiger partial charge in [0, 0.05) is 18.3 Å². The van der Waals surface area contributed by atoms with E-state index in [-0.39, 0.29) is 13.0 Å². The number of carboxylic acids is 1. The second kappa shape index (κ2) is 9.33. The number of nitrogens with two attached hydrogens (primary N) is 1. The predicted molar refractivity (Wildman–Crippen MR) is 93.0 cm³/mol.